The lowest BCUT2D eigenvalue weighted by Gasteiger charge is -2.01. The second kappa shape index (κ2) is 4.77. The number of nitrogens with zero attached hydrogens (tertiary/aromatic N) is 2. The summed E-state index contributed by atoms with van der Waals surface area (Å²) in [5.74, 6) is 0. The van der Waals surface area contributed by atoms with Gasteiger partial charge in [0.15, 0.2) is 0 Å². The van der Waals surface area contributed by atoms with Gasteiger partial charge < -0.3 is 10.5 Å². The zero-order valence-electron chi connectivity index (χ0n) is 9.80. The Morgan fingerprint density at radius 1 is 1.44 bits per heavy atom. The van der Waals surface area contributed by atoms with Crippen LogP contribution in [-0.2, 0) is 11.3 Å². The topological polar surface area (TPSA) is 96.8 Å². The first-order valence-electron chi connectivity index (χ1n) is 5.26. The van der Waals surface area contributed by atoms with Gasteiger partial charge in [-0.05, 0) is 24.3 Å². The van der Waals surface area contributed by atoms with Crippen LogP contribution in [0.5, 0.6) is 0 Å². The molecule has 6 heteroatoms. The molecule has 1 heterocycles. The maximum atomic E-state index is 11.9. The molecule has 0 aliphatic carbocycles. The van der Waals surface area contributed by atoms with Gasteiger partial charge in [-0.25, -0.2) is 4.68 Å². The average molecular weight is 244 g/mol. The van der Waals surface area contributed by atoms with Crippen molar-refractivity contribution < 1.29 is 4.74 Å². The Balaban J connectivity index is 2.47. The Morgan fingerprint density at radius 2 is 2.11 bits per heavy atom. The van der Waals surface area contributed by atoms with E-state index in [1.54, 1.807) is 24.3 Å². The summed E-state index contributed by atoms with van der Waals surface area (Å²) in [7, 11) is 1.52. The quantitative estimate of drug-likeness (QED) is 0.833. The summed E-state index contributed by atoms with van der Waals surface area (Å²) in [6.45, 7) is 0.240. The number of nitrogen functional groups attached to an aromatic ring is 1. The minimum absolute atomic E-state index is 0.140. The van der Waals surface area contributed by atoms with Crippen LogP contribution in [0, 0.1) is 11.3 Å². The number of aromatic amines is 1. The second-order valence-electron chi connectivity index (χ2n) is 3.74. The molecule has 2 rings (SSSR count). The highest BCUT2D eigenvalue weighted by Crippen LogP contribution is 2.10. The van der Waals surface area contributed by atoms with Gasteiger partial charge in [0, 0.05) is 7.11 Å². The van der Waals surface area contributed by atoms with Crippen LogP contribution in [-0.4, -0.2) is 16.9 Å². The number of hydrogen-bond donors (Lipinski definition) is 2. The molecule has 2 aromatic rings. The van der Waals surface area contributed by atoms with Crippen molar-refractivity contribution in [3.8, 4) is 11.8 Å². The van der Waals surface area contributed by atoms with Crippen LogP contribution in [0.2, 0.25) is 0 Å². The van der Waals surface area contributed by atoms with E-state index in [0.29, 0.717) is 16.9 Å². The van der Waals surface area contributed by atoms with Crippen LogP contribution >= 0.6 is 0 Å². The Kier molecular flexibility index (Phi) is 3.17. The highest BCUT2D eigenvalue weighted by atomic mass is 16.5. The Morgan fingerprint density at radius 3 is 2.67 bits per heavy atom. The molecule has 18 heavy (non-hydrogen) atoms. The molecule has 3 N–H and O–H groups in total. The number of nitrogens with two attached hydrogens (primary N) is 1. The Labute approximate surface area is 103 Å². The zero-order valence-corrected chi connectivity index (χ0v) is 9.80. The number of nitriles is 1. The summed E-state index contributed by atoms with van der Waals surface area (Å²) in [5.41, 5.74) is 7.18. The van der Waals surface area contributed by atoms with E-state index in [-0.39, 0.29) is 17.9 Å². The Bertz CT molecular complexity index is 646. The molecular weight excluding hydrogens is 232 g/mol. The van der Waals surface area contributed by atoms with Crippen molar-refractivity contribution in [3.05, 3.63) is 45.9 Å². The van der Waals surface area contributed by atoms with Crippen LogP contribution in [0.4, 0.5) is 5.69 Å². The van der Waals surface area contributed by atoms with Crippen molar-refractivity contribution in [1.82, 2.24) is 9.78 Å². The number of nitrogens with one attached hydrogen (secondary N) is 1. The fourth-order valence-corrected chi connectivity index (χ4v) is 1.62. The van der Waals surface area contributed by atoms with Gasteiger partial charge in [0.25, 0.3) is 5.56 Å². The molecule has 1 aromatic heterocycles. The van der Waals surface area contributed by atoms with Gasteiger partial charge in [-0.2, -0.15) is 5.26 Å². The lowest BCUT2D eigenvalue weighted by molar-refractivity contribution is 0.181. The zero-order chi connectivity index (χ0) is 13.1. The van der Waals surface area contributed by atoms with Crippen molar-refractivity contribution in [1.29, 1.82) is 5.26 Å². The molecule has 0 aliphatic heterocycles. The first kappa shape index (κ1) is 12.0. The standard InChI is InChI=1S/C12H12N4O2/c1-18-7-10-11(14)12(17)16(15-10)9-4-2-8(6-13)3-5-9/h2-5,15H,7,14H2,1H3. The van der Waals surface area contributed by atoms with E-state index in [1.165, 1.54) is 11.8 Å². The van der Waals surface area contributed by atoms with E-state index in [4.69, 9.17) is 15.7 Å². The molecule has 0 fully saturated rings. The molecular formula is C12H12N4O2. The summed E-state index contributed by atoms with van der Waals surface area (Å²) in [6, 6.07) is 8.63. The molecule has 92 valence electrons. The van der Waals surface area contributed by atoms with E-state index in [2.05, 4.69) is 5.10 Å². The highest BCUT2D eigenvalue weighted by Gasteiger charge is 2.11. The van der Waals surface area contributed by atoms with Crippen LogP contribution in [0.15, 0.2) is 29.1 Å². The third-order valence-electron chi connectivity index (χ3n) is 2.55. The molecule has 0 unspecified atom stereocenters. The van der Waals surface area contributed by atoms with Gasteiger partial charge in [-0.3, -0.25) is 9.89 Å². The number of rotatable bonds is 3. The van der Waals surface area contributed by atoms with Crippen LogP contribution < -0.4 is 11.3 Å². The van der Waals surface area contributed by atoms with Crippen molar-refractivity contribution in [2.75, 3.05) is 12.8 Å². The summed E-state index contributed by atoms with van der Waals surface area (Å²) in [6.07, 6.45) is 0. The molecule has 0 spiro atoms. The Hall–Kier alpha value is -2.52. The highest BCUT2D eigenvalue weighted by molar-refractivity contribution is 5.45. The largest absolute Gasteiger partial charge is 0.393 e. The smallest absolute Gasteiger partial charge is 0.294 e. The van der Waals surface area contributed by atoms with Gasteiger partial charge in [0.1, 0.15) is 5.69 Å². The van der Waals surface area contributed by atoms with E-state index >= 15 is 0 Å². The van der Waals surface area contributed by atoms with Crippen LogP contribution in [0.3, 0.4) is 0 Å². The molecule has 0 aliphatic rings. The number of hydrogen-bond acceptors (Lipinski definition) is 4. The molecule has 0 bridgehead atoms. The predicted octanol–water partition coefficient (Wildman–Crippen LogP) is 0.766. The van der Waals surface area contributed by atoms with Gasteiger partial charge >= 0.3 is 0 Å². The van der Waals surface area contributed by atoms with E-state index in [1.807, 2.05) is 6.07 Å². The monoisotopic (exact) mass is 244 g/mol. The maximum absolute atomic E-state index is 11.9. The normalized spacial score (nSPS) is 10.2. The maximum Gasteiger partial charge on any atom is 0.294 e. The average Bonchev–Trinajstić information content (AvgIpc) is 2.68. The third kappa shape index (κ3) is 1.99. The summed E-state index contributed by atoms with van der Waals surface area (Å²) in [5, 5.41) is 11.6. The number of benzene rings is 1. The molecule has 0 amide bonds. The van der Waals surface area contributed by atoms with Crippen molar-refractivity contribution in [3.63, 3.8) is 0 Å². The fraction of sp³-hybridized carbons (Fsp3) is 0.167. The van der Waals surface area contributed by atoms with Crippen LogP contribution in [0.1, 0.15) is 11.3 Å². The third-order valence-corrected chi connectivity index (χ3v) is 2.55. The lowest BCUT2D eigenvalue weighted by atomic mass is 10.2. The number of methoxy groups -OCH3 is 1. The molecule has 1 aromatic carbocycles. The number of H-pyrrole nitrogens is 1. The first-order valence-corrected chi connectivity index (χ1v) is 5.26. The number of aromatic nitrogens is 2. The van der Waals surface area contributed by atoms with Crippen LogP contribution in [0.25, 0.3) is 5.69 Å². The van der Waals surface area contributed by atoms with E-state index < -0.39 is 0 Å². The summed E-state index contributed by atoms with van der Waals surface area (Å²) < 4.78 is 6.27. The minimum atomic E-state index is -0.327. The summed E-state index contributed by atoms with van der Waals surface area (Å²) in [4.78, 5) is 11.9. The lowest BCUT2D eigenvalue weighted by Crippen LogP contribution is -2.16. The number of ether oxygens (including phenoxy) is 1. The molecule has 0 radical (unpaired) electrons. The van der Waals surface area contributed by atoms with E-state index in [0.717, 1.165) is 0 Å². The van der Waals surface area contributed by atoms with Gasteiger partial charge in [-0.1, -0.05) is 0 Å². The van der Waals surface area contributed by atoms with Gasteiger partial charge in [0.05, 0.1) is 29.6 Å². The van der Waals surface area contributed by atoms with Gasteiger partial charge in [-0.15, -0.1) is 0 Å². The first-order chi connectivity index (χ1) is 8.67. The molecule has 0 saturated carbocycles. The van der Waals surface area contributed by atoms with Crippen molar-refractivity contribution >= 4 is 5.69 Å². The predicted molar refractivity (Wildman–Crippen MR) is 66.2 cm³/mol. The molecule has 0 atom stereocenters. The number of anilines is 1. The molecule has 6 nitrogen and oxygen atoms in total. The fourth-order valence-electron chi connectivity index (χ4n) is 1.62. The molecule has 0 saturated heterocycles. The summed E-state index contributed by atoms with van der Waals surface area (Å²) >= 11 is 0. The van der Waals surface area contributed by atoms with E-state index in [9.17, 15) is 4.79 Å². The second-order valence-corrected chi connectivity index (χ2v) is 3.74. The SMILES string of the molecule is COCc1[nH]n(-c2ccc(C#N)cc2)c(=O)c1N. The van der Waals surface area contributed by atoms with Gasteiger partial charge in [0.2, 0.25) is 0 Å². The minimum Gasteiger partial charge on any atom is -0.393 e. The van der Waals surface area contributed by atoms with Crippen molar-refractivity contribution in [2.24, 2.45) is 0 Å². The van der Waals surface area contributed by atoms with Crippen molar-refractivity contribution in [2.45, 2.75) is 6.61 Å².